The quantitative estimate of drug-likeness (QED) is 0.795. The second kappa shape index (κ2) is 8.50. The average Bonchev–Trinajstić information content (AvgIpc) is 2.51. The van der Waals surface area contributed by atoms with Crippen LogP contribution in [0.3, 0.4) is 0 Å². The molecule has 1 aromatic rings. The van der Waals surface area contributed by atoms with Crippen molar-refractivity contribution in [3.8, 4) is 0 Å². The van der Waals surface area contributed by atoms with Crippen LogP contribution >= 0.6 is 0 Å². The van der Waals surface area contributed by atoms with Gasteiger partial charge in [-0.25, -0.2) is 0 Å². The van der Waals surface area contributed by atoms with Crippen LogP contribution in [0.4, 0.5) is 0 Å². The first kappa shape index (κ1) is 16.4. The van der Waals surface area contributed by atoms with E-state index in [0.29, 0.717) is 17.9 Å². The van der Waals surface area contributed by atoms with E-state index in [2.05, 4.69) is 31.3 Å². The maximum atomic E-state index is 5.32. The van der Waals surface area contributed by atoms with Crippen LogP contribution in [0.2, 0.25) is 0 Å². The molecule has 0 saturated heterocycles. The van der Waals surface area contributed by atoms with Gasteiger partial charge >= 0.3 is 0 Å². The van der Waals surface area contributed by atoms with E-state index in [9.17, 15) is 0 Å². The molecule has 0 saturated carbocycles. The summed E-state index contributed by atoms with van der Waals surface area (Å²) in [6.45, 7) is 6.44. The van der Waals surface area contributed by atoms with Crippen molar-refractivity contribution in [2.24, 2.45) is 5.92 Å². The van der Waals surface area contributed by atoms with Gasteiger partial charge in [0.25, 0.3) is 0 Å². The minimum absolute atomic E-state index is 0.518. The first-order valence-electron chi connectivity index (χ1n) is 8.42. The van der Waals surface area contributed by atoms with Gasteiger partial charge in [0, 0.05) is 37.6 Å². The van der Waals surface area contributed by atoms with Crippen molar-refractivity contribution in [2.45, 2.75) is 57.9 Å². The molecular weight excluding hydrogens is 260 g/mol. The lowest BCUT2D eigenvalue weighted by Gasteiger charge is -2.33. The second-order valence-electron chi connectivity index (χ2n) is 6.40. The summed E-state index contributed by atoms with van der Waals surface area (Å²) in [7, 11) is 1.79. The van der Waals surface area contributed by atoms with Crippen LogP contribution in [0.1, 0.15) is 56.7 Å². The highest BCUT2D eigenvalue weighted by Gasteiger charge is 2.29. The largest absolute Gasteiger partial charge is 0.384 e. The van der Waals surface area contributed by atoms with Crippen LogP contribution in [0.25, 0.3) is 0 Å². The summed E-state index contributed by atoms with van der Waals surface area (Å²) in [6.07, 6.45) is 8.02. The van der Waals surface area contributed by atoms with Crippen molar-refractivity contribution >= 4 is 0 Å². The Morgan fingerprint density at radius 2 is 2.33 bits per heavy atom. The molecule has 0 spiro atoms. The van der Waals surface area contributed by atoms with Crippen LogP contribution in [-0.4, -0.2) is 31.3 Å². The predicted molar refractivity (Wildman–Crippen MR) is 87.7 cm³/mol. The Bertz CT molecular complexity index is 421. The number of aromatic nitrogens is 1. The highest BCUT2D eigenvalue weighted by Crippen LogP contribution is 2.34. The van der Waals surface area contributed by atoms with Gasteiger partial charge in [0.1, 0.15) is 0 Å². The van der Waals surface area contributed by atoms with Crippen molar-refractivity contribution in [2.75, 3.05) is 20.3 Å². The van der Waals surface area contributed by atoms with Crippen LogP contribution < -0.4 is 5.32 Å². The van der Waals surface area contributed by atoms with Crippen LogP contribution in [0.15, 0.2) is 18.3 Å². The summed E-state index contributed by atoms with van der Waals surface area (Å²) in [5.74, 6) is 1.14. The minimum Gasteiger partial charge on any atom is -0.384 e. The van der Waals surface area contributed by atoms with Gasteiger partial charge in [0.2, 0.25) is 0 Å². The van der Waals surface area contributed by atoms with Crippen LogP contribution in [0.5, 0.6) is 0 Å². The fourth-order valence-corrected chi connectivity index (χ4v) is 3.54. The smallest absolute Gasteiger partial charge is 0.0488 e. The number of hydrogen-bond acceptors (Lipinski definition) is 3. The van der Waals surface area contributed by atoms with E-state index in [1.54, 1.807) is 7.11 Å². The average molecular weight is 290 g/mol. The molecule has 3 heteroatoms. The fraction of sp³-hybridized carbons (Fsp3) is 0.722. The molecule has 0 bridgehead atoms. The van der Waals surface area contributed by atoms with Gasteiger partial charge in [-0.15, -0.1) is 0 Å². The first-order chi connectivity index (χ1) is 10.3. The van der Waals surface area contributed by atoms with E-state index in [0.717, 1.165) is 19.6 Å². The predicted octanol–water partition coefficient (Wildman–Crippen LogP) is 3.54. The lowest BCUT2D eigenvalue weighted by atomic mass is 9.79. The molecular formula is C18H30N2O. The lowest BCUT2D eigenvalue weighted by Crippen LogP contribution is -2.39. The van der Waals surface area contributed by atoms with Crippen molar-refractivity contribution in [1.82, 2.24) is 10.3 Å². The van der Waals surface area contributed by atoms with Gasteiger partial charge in [0.05, 0.1) is 0 Å². The topological polar surface area (TPSA) is 34.1 Å². The molecule has 0 radical (unpaired) electrons. The number of rotatable bonds is 8. The van der Waals surface area contributed by atoms with Crippen LogP contribution in [-0.2, 0) is 11.2 Å². The molecule has 0 fully saturated rings. The van der Waals surface area contributed by atoms with Gasteiger partial charge < -0.3 is 10.1 Å². The summed E-state index contributed by atoms with van der Waals surface area (Å²) in [4.78, 5) is 4.71. The molecule has 3 atom stereocenters. The number of pyridine rings is 1. The molecule has 3 unspecified atom stereocenters. The molecule has 1 aliphatic carbocycles. The zero-order valence-electron chi connectivity index (χ0n) is 13.8. The van der Waals surface area contributed by atoms with E-state index in [1.165, 1.54) is 36.9 Å². The zero-order chi connectivity index (χ0) is 15.1. The van der Waals surface area contributed by atoms with Gasteiger partial charge in [-0.05, 0) is 56.2 Å². The van der Waals surface area contributed by atoms with Crippen LogP contribution in [0, 0.1) is 5.92 Å². The summed E-state index contributed by atoms with van der Waals surface area (Å²) in [6, 6.07) is 4.84. The Hall–Kier alpha value is -0.930. The van der Waals surface area contributed by atoms with E-state index in [4.69, 9.17) is 9.72 Å². The van der Waals surface area contributed by atoms with Crippen molar-refractivity contribution in [3.63, 3.8) is 0 Å². The summed E-state index contributed by atoms with van der Waals surface area (Å²) in [5, 5.41) is 3.77. The third-order valence-electron chi connectivity index (χ3n) is 4.49. The molecule has 2 rings (SSSR count). The molecule has 0 aromatic carbocycles. The maximum Gasteiger partial charge on any atom is 0.0488 e. The Morgan fingerprint density at radius 3 is 3.10 bits per heavy atom. The van der Waals surface area contributed by atoms with E-state index in [-0.39, 0.29) is 0 Å². The summed E-state index contributed by atoms with van der Waals surface area (Å²) >= 11 is 0. The Balaban J connectivity index is 2.12. The standard InChI is InChI=1S/C18H30N2O/c1-4-10-19-17(12-14(2)13-21-3)16-9-5-7-15-8-6-11-20-18(15)16/h6,8,11,14,16-17,19H,4-5,7,9-10,12-13H2,1-3H3. The number of nitrogens with one attached hydrogen (secondary N) is 1. The number of methoxy groups -OCH3 is 1. The number of fused-ring (bicyclic) bond motifs is 1. The molecule has 118 valence electrons. The number of ether oxygens (including phenoxy) is 1. The molecule has 1 aromatic heterocycles. The lowest BCUT2D eigenvalue weighted by molar-refractivity contribution is 0.145. The van der Waals surface area contributed by atoms with Gasteiger partial charge in [0.15, 0.2) is 0 Å². The SMILES string of the molecule is CCCNC(CC(C)COC)C1CCCc2cccnc21. The highest BCUT2D eigenvalue weighted by atomic mass is 16.5. The normalized spacial score (nSPS) is 20.8. The molecule has 3 nitrogen and oxygen atoms in total. The third kappa shape index (κ3) is 4.52. The van der Waals surface area contributed by atoms with Crippen molar-refractivity contribution in [1.29, 1.82) is 0 Å². The Labute approximate surface area is 129 Å². The molecule has 1 heterocycles. The number of nitrogens with zero attached hydrogens (tertiary/aromatic N) is 1. The third-order valence-corrected chi connectivity index (χ3v) is 4.49. The minimum atomic E-state index is 0.518. The maximum absolute atomic E-state index is 5.32. The van der Waals surface area contributed by atoms with Gasteiger partial charge in [-0.2, -0.15) is 0 Å². The summed E-state index contributed by atoms with van der Waals surface area (Å²) < 4.78 is 5.32. The van der Waals surface area contributed by atoms with E-state index >= 15 is 0 Å². The van der Waals surface area contributed by atoms with E-state index < -0.39 is 0 Å². The first-order valence-corrected chi connectivity index (χ1v) is 8.42. The zero-order valence-corrected chi connectivity index (χ0v) is 13.8. The van der Waals surface area contributed by atoms with Gasteiger partial charge in [-0.1, -0.05) is 19.9 Å². The number of hydrogen-bond donors (Lipinski definition) is 1. The monoisotopic (exact) mass is 290 g/mol. The Morgan fingerprint density at radius 1 is 1.48 bits per heavy atom. The highest BCUT2D eigenvalue weighted by molar-refractivity contribution is 5.27. The van der Waals surface area contributed by atoms with E-state index in [1.807, 2.05) is 6.20 Å². The van der Waals surface area contributed by atoms with Crippen molar-refractivity contribution in [3.05, 3.63) is 29.6 Å². The molecule has 1 aliphatic rings. The molecule has 0 aliphatic heterocycles. The second-order valence-corrected chi connectivity index (χ2v) is 6.40. The summed E-state index contributed by atoms with van der Waals surface area (Å²) in [5.41, 5.74) is 2.79. The fourth-order valence-electron chi connectivity index (χ4n) is 3.54. The molecule has 0 amide bonds. The Kier molecular flexibility index (Phi) is 6.65. The molecule has 1 N–H and O–H groups in total. The van der Waals surface area contributed by atoms with Crippen molar-refractivity contribution < 1.29 is 4.74 Å². The number of aryl methyl sites for hydroxylation is 1. The van der Waals surface area contributed by atoms with Gasteiger partial charge in [-0.3, -0.25) is 4.98 Å². The molecule has 21 heavy (non-hydrogen) atoms.